The molecule has 5 nitrogen and oxygen atoms in total. The minimum atomic E-state index is -0.137. The summed E-state index contributed by atoms with van der Waals surface area (Å²) >= 11 is 6.20. The van der Waals surface area contributed by atoms with Crippen molar-refractivity contribution in [3.63, 3.8) is 0 Å². The first-order valence-corrected chi connectivity index (χ1v) is 6.91. The molecule has 0 radical (unpaired) electrons. The Morgan fingerprint density at radius 2 is 2.00 bits per heavy atom. The summed E-state index contributed by atoms with van der Waals surface area (Å²) in [7, 11) is 1.90. The van der Waals surface area contributed by atoms with Crippen molar-refractivity contribution in [1.29, 1.82) is 0 Å². The first kappa shape index (κ1) is 14.8. The number of nitrogens with one attached hydrogen (secondary N) is 1. The van der Waals surface area contributed by atoms with Gasteiger partial charge in [0.25, 0.3) is 0 Å². The molecule has 2 rings (SSSR count). The van der Waals surface area contributed by atoms with E-state index in [4.69, 9.17) is 11.6 Å². The van der Waals surface area contributed by atoms with Gasteiger partial charge >= 0.3 is 0 Å². The number of hydrogen-bond acceptors (Lipinski definition) is 4. The van der Waals surface area contributed by atoms with Gasteiger partial charge in [0.15, 0.2) is 0 Å². The minimum absolute atomic E-state index is 0.137. The van der Waals surface area contributed by atoms with Crippen LogP contribution in [0.5, 0.6) is 0 Å². The van der Waals surface area contributed by atoms with E-state index in [0.717, 1.165) is 22.8 Å². The van der Waals surface area contributed by atoms with Crippen LogP contribution in [0.3, 0.4) is 0 Å². The van der Waals surface area contributed by atoms with Crippen LogP contribution in [0, 0.1) is 6.92 Å². The van der Waals surface area contributed by atoms with Crippen LogP contribution in [-0.2, 0) is 19.0 Å². The Morgan fingerprint density at radius 3 is 2.55 bits per heavy atom. The standard InChI is InChI=1S/C14H20ClN5/c1-9-11(15)18-13(14(2,3)4)19-12(9)16-6-10-7-17-20(5)8-10/h7-8H,6H2,1-5H3,(H,16,18,19). The summed E-state index contributed by atoms with van der Waals surface area (Å²) in [5.74, 6) is 1.51. The van der Waals surface area contributed by atoms with Crippen molar-refractivity contribution in [3.8, 4) is 0 Å². The first-order valence-electron chi connectivity index (χ1n) is 6.53. The second-order valence-electron chi connectivity index (χ2n) is 5.94. The van der Waals surface area contributed by atoms with Gasteiger partial charge < -0.3 is 5.32 Å². The Balaban J connectivity index is 2.24. The third-order valence-electron chi connectivity index (χ3n) is 2.98. The summed E-state index contributed by atoms with van der Waals surface area (Å²) in [5, 5.41) is 7.95. The molecule has 0 aliphatic heterocycles. The molecule has 2 aromatic heterocycles. The topological polar surface area (TPSA) is 55.6 Å². The molecule has 6 heteroatoms. The van der Waals surface area contributed by atoms with Gasteiger partial charge in [0.2, 0.25) is 0 Å². The molecule has 0 saturated heterocycles. The summed E-state index contributed by atoms with van der Waals surface area (Å²) in [4.78, 5) is 8.95. The van der Waals surface area contributed by atoms with E-state index in [1.54, 1.807) is 4.68 Å². The molecule has 0 spiro atoms. The van der Waals surface area contributed by atoms with Crippen LogP contribution in [0.25, 0.3) is 0 Å². The largest absolute Gasteiger partial charge is 0.366 e. The monoisotopic (exact) mass is 293 g/mol. The van der Waals surface area contributed by atoms with Crippen LogP contribution in [-0.4, -0.2) is 19.7 Å². The molecular weight excluding hydrogens is 274 g/mol. The van der Waals surface area contributed by atoms with E-state index in [1.165, 1.54) is 0 Å². The molecule has 2 aromatic rings. The second kappa shape index (κ2) is 5.40. The third-order valence-corrected chi connectivity index (χ3v) is 3.34. The quantitative estimate of drug-likeness (QED) is 0.884. The fraction of sp³-hybridized carbons (Fsp3) is 0.500. The van der Waals surface area contributed by atoms with Crippen LogP contribution < -0.4 is 5.32 Å². The maximum Gasteiger partial charge on any atom is 0.137 e. The molecule has 0 fully saturated rings. The smallest absolute Gasteiger partial charge is 0.137 e. The van der Waals surface area contributed by atoms with Gasteiger partial charge in [-0.25, -0.2) is 9.97 Å². The molecule has 20 heavy (non-hydrogen) atoms. The lowest BCUT2D eigenvalue weighted by atomic mass is 9.95. The molecule has 0 saturated carbocycles. The average Bonchev–Trinajstić information content (AvgIpc) is 2.75. The van der Waals surface area contributed by atoms with E-state index < -0.39 is 0 Å². The molecule has 0 aromatic carbocycles. The Labute approximate surface area is 124 Å². The van der Waals surface area contributed by atoms with Gasteiger partial charge in [-0.3, -0.25) is 4.68 Å². The highest BCUT2D eigenvalue weighted by Gasteiger charge is 2.20. The predicted molar refractivity (Wildman–Crippen MR) is 81.0 cm³/mol. The maximum absolute atomic E-state index is 6.20. The van der Waals surface area contributed by atoms with E-state index in [9.17, 15) is 0 Å². The number of hydrogen-bond donors (Lipinski definition) is 1. The van der Waals surface area contributed by atoms with Crippen molar-refractivity contribution in [2.75, 3.05) is 5.32 Å². The van der Waals surface area contributed by atoms with Crippen LogP contribution in [0.4, 0.5) is 5.82 Å². The molecular formula is C14H20ClN5. The van der Waals surface area contributed by atoms with Crippen molar-refractivity contribution < 1.29 is 0 Å². The lowest BCUT2D eigenvalue weighted by molar-refractivity contribution is 0.545. The molecule has 0 aliphatic carbocycles. The fourth-order valence-electron chi connectivity index (χ4n) is 1.75. The molecule has 0 bridgehead atoms. The molecule has 0 amide bonds. The number of aryl methyl sites for hydroxylation is 1. The van der Waals surface area contributed by atoms with Crippen molar-refractivity contribution in [1.82, 2.24) is 19.7 Å². The number of nitrogens with zero attached hydrogens (tertiary/aromatic N) is 4. The highest BCUT2D eigenvalue weighted by molar-refractivity contribution is 6.30. The molecule has 2 heterocycles. The summed E-state index contributed by atoms with van der Waals surface area (Å²) in [5.41, 5.74) is 1.82. The SMILES string of the molecule is Cc1c(Cl)nc(C(C)(C)C)nc1NCc1cnn(C)c1. The van der Waals surface area contributed by atoms with Gasteiger partial charge in [0.05, 0.1) is 6.20 Å². The Hall–Kier alpha value is -1.62. The van der Waals surface area contributed by atoms with Gasteiger partial charge in [0, 0.05) is 36.3 Å². The van der Waals surface area contributed by atoms with Crippen molar-refractivity contribution in [2.45, 2.75) is 39.7 Å². The Bertz CT molecular complexity index is 613. The number of rotatable bonds is 3. The number of anilines is 1. The summed E-state index contributed by atoms with van der Waals surface area (Å²) in [6, 6.07) is 0. The summed E-state index contributed by atoms with van der Waals surface area (Å²) < 4.78 is 1.78. The average molecular weight is 294 g/mol. The van der Waals surface area contributed by atoms with E-state index in [1.807, 2.05) is 26.4 Å². The summed E-state index contributed by atoms with van der Waals surface area (Å²) in [6.07, 6.45) is 3.80. The first-order chi connectivity index (χ1) is 9.27. The summed E-state index contributed by atoms with van der Waals surface area (Å²) in [6.45, 7) is 8.78. The van der Waals surface area contributed by atoms with Gasteiger partial charge in [-0.1, -0.05) is 32.4 Å². The Morgan fingerprint density at radius 1 is 1.30 bits per heavy atom. The lowest BCUT2D eigenvalue weighted by Gasteiger charge is -2.19. The van der Waals surface area contributed by atoms with Crippen LogP contribution in [0.2, 0.25) is 5.15 Å². The highest BCUT2D eigenvalue weighted by Crippen LogP contribution is 2.26. The lowest BCUT2D eigenvalue weighted by Crippen LogP contribution is -2.18. The number of halogens is 1. The zero-order valence-corrected chi connectivity index (χ0v) is 13.3. The molecule has 0 aliphatic rings. The van der Waals surface area contributed by atoms with Crippen molar-refractivity contribution in [3.05, 3.63) is 34.5 Å². The zero-order valence-electron chi connectivity index (χ0n) is 12.5. The second-order valence-corrected chi connectivity index (χ2v) is 6.30. The maximum atomic E-state index is 6.20. The van der Waals surface area contributed by atoms with Gasteiger partial charge in [-0.15, -0.1) is 0 Å². The normalized spacial score (nSPS) is 11.7. The van der Waals surface area contributed by atoms with E-state index >= 15 is 0 Å². The van der Waals surface area contributed by atoms with Gasteiger partial charge in [-0.05, 0) is 6.92 Å². The highest BCUT2D eigenvalue weighted by atomic mass is 35.5. The van der Waals surface area contributed by atoms with E-state index in [2.05, 4.69) is 41.2 Å². The van der Waals surface area contributed by atoms with Gasteiger partial charge in [-0.2, -0.15) is 5.10 Å². The van der Waals surface area contributed by atoms with Crippen LogP contribution in [0.1, 0.15) is 37.7 Å². The predicted octanol–water partition coefficient (Wildman–Crippen LogP) is 3.08. The molecule has 108 valence electrons. The molecule has 0 unspecified atom stereocenters. The zero-order chi connectivity index (χ0) is 14.9. The van der Waals surface area contributed by atoms with Crippen LogP contribution >= 0.6 is 11.6 Å². The van der Waals surface area contributed by atoms with Gasteiger partial charge in [0.1, 0.15) is 16.8 Å². The van der Waals surface area contributed by atoms with E-state index in [-0.39, 0.29) is 5.41 Å². The minimum Gasteiger partial charge on any atom is -0.366 e. The molecule has 1 N–H and O–H groups in total. The van der Waals surface area contributed by atoms with Crippen LogP contribution in [0.15, 0.2) is 12.4 Å². The fourth-order valence-corrected chi connectivity index (χ4v) is 1.92. The molecule has 0 atom stereocenters. The van der Waals surface area contributed by atoms with E-state index in [0.29, 0.717) is 11.7 Å². The van der Waals surface area contributed by atoms with Crippen molar-refractivity contribution in [2.24, 2.45) is 7.05 Å². The number of aromatic nitrogens is 4. The third kappa shape index (κ3) is 3.28. The van der Waals surface area contributed by atoms with Crippen molar-refractivity contribution >= 4 is 17.4 Å². The Kier molecular flexibility index (Phi) is 3.99.